The molecule has 6 heteroatoms. The smallest absolute Gasteiger partial charge is 0.259 e. The second-order valence-electron chi connectivity index (χ2n) is 4.37. The maximum absolute atomic E-state index is 12.5. The highest BCUT2D eigenvalue weighted by Crippen LogP contribution is 2.17. The molecule has 5 nitrogen and oxygen atoms in total. The molecule has 0 aliphatic heterocycles. The van der Waals surface area contributed by atoms with Crippen molar-refractivity contribution in [3.8, 4) is 5.88 Å². The van der Waals surface area contributed by atoms with Gasteiger partial charge in [-0.05, 0) is 26.0 Å². The molecule has 0 fully saturated rings. The normalized spacial score (nSPS) is 10.3. The fraction of sp³-hybridized carbons (Fsp3) is 0.462. The first-order valence-electron chi connectivity index (χ1n) is 6.05. The lowest BCUT2D eigenvalue weighted by Gasteiger charge is -2.27. The fourth-order valence-electron chi connectivity index (χ4n) is 1.70. The van der Waals surface area contributed by atoms with E-state index in [4.69, 9.17) is 22.7 Å². The average molecular weight is 281 g/mol. The Hall–Kier alpha value is -1.69. The largest absolute Gasteiger partial charge is 0.480 e. The number of rotatable bonds is 6. The Kier molecular flexibility index (Phi) is 5.69. The van der Waals surface area contributed by atoms with Crippen LogP contribution >= 0.6 is 12.2 Å². The molecule has 0 aliphatic carbocycles. The predicted octanol–water partition coefficient (Wildman–Crippen LogP) is 1.62. The molecule has 0 aliphatic rings. The van der Waals surface area contributed by atoms with Crippen molar-refractivity contribution in [2.24, 2.45) is 5.73 Å². The second kappa shape index (κ2) is 7.04. The Balaban J connectivity index is 2.95. The van der Waals surface area contributed by atoms with Crippen LogP contribution in [0.3, 0.4) is 0 Å². The van der Waals surface area contributed by atoms with Crippen molar-refractivity contribution < 1.29 is 9.53 Å². The Morgan fingerprint density at radius 2 is 2.26 bits per heavy atom. The van der Waals surface area contributed by atoms with E-state index in [1.165, 1.54) is 7.11 Å². The Morgan fingerprint density at radius 1 is 1.58 bits per heavy atom. The summed E-state index contributed by atoms with van der Waals surface area (Å²) in [6.07, 6.45) is 2.09. The van der Waals surface area contributed by atoms with Crippen LogP contribution in [-0.4, -0.2) is 40.5 Å². The molecule has 104 valence electrons. The van der Waals surface area contributed by atoms with Gasteiger partial charge in [0, 0.05) is 25.2 Å². The first-order valence-corrected chi connectivity index (χ1v) is 6.46. The van der Waals surface area contributed by atoms with Crippen LogP contribution in [-0.2, 0) is 0 Å². The molecule has 1 aromatic heterocycles. The summed E-state index contributed by atoms with van der Waals surface area (Å²) < 4.78 is 5.11. The first-order chi connectivity index (χ1) is 8.97. The van der Waals surface area contributed by atoms with E-state index in [1.807, 2.05) is 13.8 Å². The van der Waals surface area contributed by atoms with Crippen molar-refractivity contribution in [3.05, 3.63) is 23.9 Å². The lowest BCUT2D eigenvalue weighted by Crippen LogP contribution is -2.39. The fourth-order valence-corrected chi connectivity index (χ4v) is 1.79. The minimum absolute atomic E-state index is 0.0479. The van der Waals surface area contributed by atoms with E-state index in [-0.39, 0.29) is 11.9 Å². The zero-order chi connectivity index (χ0) is 14.4. The van der Waals surface area contributed by atoms with E-state index in [2.05, 4.69) is 4.98 Å². The molecule has 1 heterocycles. The van der Waals surface area contributed by atoms with Gasteiger partial charge in [-0.1, -0.05) is 12.2 Å². The Bertz CT molecular complexity index is 463. The van der Waals surface area contributed by atoms with Gasteiger partial charge >= 0.3 is 0 Å². The Morgan fingerprint density at radius 3 is 2.79 bits per heavy atom. The first kappa shape index (κ1) is 15.4. The number of thiocarbonyl (C=S) groups is 1. The van der Waals surface area contributed by atoms with E-state index < -0.39 is 0 Å². The third-order valence-corrected chi connectivity index (χ3v) is 2.88. The summed E-state index contributed by atoms with van der Waals surface area (Å²) in [6, 6.07) is 3.46. The molecule has 1 rings (SSSR count). The monoisotopic (exact) mass is 281 g/mol. The summed E-state index contributed by atoms with van der Waals surface area (Å²) >= 11 is 4.86. The number of aromatic nitrogens is 1. The van der Waals surface area contributed by atoms with Crippen LogP contribution in [0.2, 0.25) is 0 Å². The van der Waals surface area contributed by atoms with E-state index in [0.29, 0.717) is 29.4 Å². The van der Waals surface area contributed by atoms with Crippen molar-refractivity contribution in [1.29, 1.82) is 0 Å². The number of hydrogen-bond donors (Lipinski definition) is 1. The summed E-state index contributed by atoms with van der Waals surface area (Å²) in [6.45, 7) is 4.38. The highest BCUT2D eigenvalue weighted by atomic mass is 32.1. The number of carbonyl (C=O) groups is 1. The van der Waals surface area contributed by atoms with Crippen LogP contribution in [0.1, 0.15) is 30.6 Å². The molecule has 1 aromatic rings. The molecule has 0 aromatic carbocycles. The molecule has 0 atom stereocenters. The molecule has 0 spiro atoms. The number of pyridine rings is 1. The van der Waals surface area contributed by atoms with Gasteiger partial charge in [-0.25, -0.2) is 4.98 Å². The summed E-state index contributed by atoms with van der Waals surface area (Å²) in [7, 11) is 1.49. The van der Waals surface area contributed by atoms with Gasteiger partial charge in [0.25, 0.3) is 5.91 Å². The quantitative estimate of drug-likeness (QED) is 0.802. The number of nitrogens with two attached hydrogens (primary N) is 1. The number of carbonyl (C=O) groups excluding carboxylic acids is 1. The van der Waals surface area contributed by atoms with Crippen LogP contribution in [0.4, 0.5) is 0 Å². The summed E-state index contributed by atoms with van der Waals surface area (Å²) in [4.78, 5) is 18.6. The summed E-state index contributed by atoms with van der Waals surface area (Å²) in [5.74, 6) is 0.199. The van der Waals surface area contributed by atoms with Crippen LogP contribution in [0.15, 0.2) is 18.3 Å². The maximum atomic E-state index is 12.5. The number of methoxy groups -OCH3 is 1. The third-order valence-electron chi connectivity index (χ3n) is 2.68. The van der Waals surface area contributed by atoms with Crippen molar-refractivity contribution in [3.63, 3.8) is 0 Å². The van der Waals surface area contributed by atoms with Crippen LogP contribution in [0.25, 0.3) is 0 Å². The molecule has 19 heavy (non-hydrogen) atoms. The van der Waals surface area contributed by atoms with Crippen molar-refractivity contribution in [2.45, 2.75) is 26.3 Å². The molecular formula is C13H19N3O2S. The van der Waals surface area contributed by atoms with Gasteiger partial charge in [0.05, 0.1) is 12.1 Å². The van der Waals surface area contributed by atoms with E-state index >= 15 is 0 Å². The molecule has 1 amide bonds. The van der Waals surface area contributed by atoms with Gasteiger partial charge in [-0.15, -0.1) is 0 Å². The van der Waals surface area contributed by atoms with Gasteiger partial charge in [-0.2, -0.15) is 0 Å². The minimum Gasteiger partial charge on any atom is -0.480 e. The maximum Gasteiger partial charge on any atom is 0.259 e. The predicted molar refractivity (Wildman–Crippen MR) is 78.4 cm³/mol. The van der Waals surface area contributed by atoms with Gasteiger partial charge in [0.1, 0.15) is 5.56 Å². The minimum atomic E-state index is -0.129. The third kappa shape index (κ3) is 4.17. The van der Waals surface area contributed by atoms with E-state index in [1.54, 1.807) is 23.2 Å². The number of amides is 1. The van der Waals surface area contributed by atoms with E-state index in [9.17, 15) is 4.79 Å². The summed E-state index contributed by atoms with van der Waals surface area (Å²) in [5.41, 5.74) is 5.94. The SMILES string of the molecule is COc1ncccc1C(=O)N(CCC(N)=S)C(C)C. The zero-order valence-electron chi connectivity index (χ0n) is 11.4. The number of ether oxygens (including phenoxy) is 1. The Labute approximate surface area is 118 Å². The van der Waals surface area contributed by atoms with Crippen LogP contribution in [0.5, 0.6) is 5.88 Å². The second-order valence-corrected chi connectivity index (χ2v) is 4.89. The molecule has 0 radical (unpaired) electrons. The molecule has 0 unspecified atom stereocenters. The molecule has 0 bridgehead atoms. The zero-order valence-corrected chi connectivity index (χ0v) is 12.2. The molecule has 0 saturated carbocycles. The highest BCUT2D eigenvalue weighted by molar-refractivity contribution is 7.80. The molecule has 2 N–H and O–H groups in total. The highest BCUT2D eigenvalue weighted by Gasteiger charge is 2.22. The van der Waals surface area contributed by atoms with Crippen molar-refractivity contribution in [1.82, 2.24) is 9.88 Å². The topological polar surface area (TPSA) is 68.5 Å². The average Bonchev–Trinajstić information content (AvgIpc) is 2.37. The number of hydrogen-bond acceptors (Lipinski definition) is 4. The standard InChI is InChI=1S/C13H19N3O2S/c1-9(2)16(8-6-11(14)19)13(17)10-5-4-7-15-12(10)18-3/h4-5,7,9H,6,8H2,1-3H3,(H2,14,19). The van der Waals surface area contributed by atoms with Crippen molar-refractivity contribution >= 4 is 23.1 Å². The lowest BCUT2D eigenvalue weighted by atomic mass is 10.2. The van der Waals surface area contributed by atoms with Crippen LogP contribution < -0.4 is 10.5 Å². The van der Waals surface area contributed by atoms with Gasteiger partial charge in [0.15, 0.2) is 0 Å². The summed E-state index contributed by atoms with van der Waals surface area (Å²) in [5, 5.41) is 0. The molecule has 0 saturated heterocycles. The van der Waals surface area contributed by atoms with Crippen molar-refractivity contribution in [2.75, 3.05) is 13.7 Å². The lowest BCUT2D eigenvalue weighted by molar-refractivity contribution is 0.0707. The van der Waals surface area contributed by atoms with Crippen LogP contribution in [0, 0.1) is 0 Å². The van der Waals surface area contributed by atoms with Gasteiger partial charge in [-0.3, -0.25) is 4.79 Å². The van der Waals surface area contributed by atoms with Gasteiger partial charge in [0.2, 0.25) is 5.88 Å². The van der Waals surface area contributed by atoms with Gasteiger partial charge < -0.3 is 15.4 Å². The van der Waals surface area contributed by atoms with E-state index in [0.717, 1.165) is 0 Å². The number of nitrogens with zero attached hydrogens (tertiary/aromatic N) is 2. The molecular weight excluding hydrogens is 262 g/mol.